The van der Waals surface area contributed by atoms with Crippen molar-refractivity contribution in [3.8, 4) is 0 Å². The second kappa shape index (κ2) is 6.02. The van der Waals surface area contributed by atoms with Gasteiger partial charge in [0.1, 0.15) is 0 Å². The highest BCUT2D eigenvalue weighted by atomic mass is 32.2. The van der Waals surface area contributed by atoms with Gasteiger partial charge in [-0.3, -0.25) is 0 Å². The first-order chi connectivity index (χ1) is 6.95. The summed E-state index contributed by atoms with van der Waals surface area (Å²) in [5.74, 6) is 2.37. The third-order valence-corrected chi connectivity index (χ3v) is 4.70. The summed E-state index contributed by atoms with van der Waals surface area (Å²) < 4.78 is 0. The van der Waals surface area contributed by atoms with Gasteiger partial charge in [-0.25, -0.2) is 0 Å². The van der Waals surface area contributed by atoms with Gasteiger partial charge in [-0.15, -0.1) is 0 Å². The average Bonchev–Trinajstić information content (AvgIpc) is 3.03. The number of thioether (sulfide) groups is 1. The lowest BCUT2D eigenvalue weighted by Gasteiger charge is -2.20. The van der Waals surface area contributed by atoms with Crippen LogP contribution in [0.25, 0.3) is 0 Å². The summed E-state index contributed by atoms with van der Waals surface area (Å²) in [5, 5.41) is 4.56. The molecule has 14 heavy (non-hydrogen) atoms. The maximum atomic E-state index is 3.57. The zero-order chi connectivity index (χ0) is 9.64. The van der Waals surface area contributed by atoms with Gasteiger partial charge in [-0.2, -0.15) is 11.8 Å². The zero-order valence-electron chi connectivity index (χ0n) is 9.13. The molecule has 0 aliphatic heterocycles. The lowest BCUT2D eigenvalue weighted by molar-refractivity contribution is 0.515. The Labute approximate surface area is 92.4 Å². The average molecular weight is 213 g/mol. The first kappa shape index (κ1) is 10.8. The Morgan fingerprint density at radius 2 is 1.79 bits per heavy atom. The molecule has 0 unspecified atom stereocenters. The molecule has 2 aliphatic rings. The maximum absolute atomic E-state index is 3.57. The van der Waals surface area contributed by atoms with Gasteiger partial charge in [0.15, 0.2) is 0 Å². The van der Waals surface area contributed by atoms with Crippen LogP contribution in [-0.4, -0.2) is 24.1 Å². The molecule has 0 aromatic rings. The Kier molecular flexibility index (Phi) is 4.65. The zero-order valence-corrected chi connectivity index (χ0v) is 9.95. The van der Waals surface area contributed by atoms with E-state index in [2.05, 4.69) is 17.1 Å². The van der Waals surface area contributed by atoms with E-state index in [4.69, 9.17) is 0 Å². The fraction of sp³-hybridized carbons (Fsp3) is 1.00. The van der Waals surface area contributed by atoms with E-state index in [-0.39, 0.29) is 0 Å². The molecule has 0 heterocycles. The van der Waals surface area contributed by atoms with E-state index in [0.717, 1.165) is 11.2 Å². The van der Waals surface area contributed by atoms with Crippen molar-refractivity contribution >= 4 is 11.8 Å². The van der Waals surface area contributed by atoms with Crippen LogP contribution >= 0.6 is 11.8 Å². The highest BCUT2D eigenvalue weighted by molar-refractivity contribution is 7.99. The predicted octanol–water partition coefficient (Wildman–Crippen LogP) is 3.05. The highest BCUT2D eigenvalue weighted by Gasteiger charge is 2.20. The van der Waals surface area contributed by atoms with Gasteiger partial charge in [-0.1, -0.05) is 19.3 Å². The molecule has 0 amide bonds. The molecule has 1 N–H and O–H groups in total. The van der Waals surface area contributed by atoms with E-state index in [0.29, 0.717) is 0 Å². The Hall–Kier alpha value is 0.310. The third-order valence-electron chi connectivity index (χ3n) is 3.31. The van der Waals surface area contributed by atoms with Crippen molar-refractivity contribution in [1.29, 1.82) is 0 Å². The highest BCUT2D eigenvalue weighted by Crippen LogP contribution is 2.28. The molecule has 0 bridgehead atoms. The van der Waals surface area contributed by atoms with Gasteiger partial charge in [-0.05, 0) is 38.1 Å². The van der Waals surface area contributed by atoms with E-state index >= 15 is 0 Å². The quantitative estimate of drug-likeness (QED) is 0.681. The van der Waals surface area contributed by atoms with E-state index in [9.17, 15) is 0 Å². The number of hydrogen-bond acceptors (Lipinski definition) is 2. The first-order valence-electron chi connectivity index (χ1n) is 6.27. The molecule has 0 atom stereocenters. The van der Waals surface area contributed by atoms with E-state index in [1.165, 1.54) is 63.8 Å². The van der Waals surface area contributed by atoms with Gasteiger partial charge in [0.05, 0.1) is 0 Å². The molecule has 2 rings (SSSR count). The SMILES string of the molecule is C1CCC(SCCNCC2CC2)CC1. The van der Waals surface area contributed by atoms with Crippen molar-refractivity contribution in [3.63, 3.8) is 0 Å². The minimum atomic E-state index is 0.992. The Balaban J connectivity index is 1.41. The summed E-state index contributed by atoms with van der Waals surface area (Å²) in [5.41, 5.74) is 0. The minimum absolute atomic E-state index is 0.992. The lowest BCUT2D eigenvalue weighted by atomic mass is 10.0. The summed E-state index contributed by atoms with van der Waals surface area (Å²) in [6.45, 7) is 2.52. The van der Waals surface area contributed by atoms with Crippen molar-refractivity contribution in [2.45, 2.75) is 50.2 Å². The minimum Gasteiger partial charge on any atom is -0.316 e. The van der Waals surface area contributed by atoms with Crippen LogP contribution in [-0.2, 0) is 0 Å². The molecule has 0 aromatic heterocycles. The largest absolute Gasteiger partial charge is 0.316 e. The van der Waals surface area contributed by atoms with E-state index < -0.39 is 0 Å². The van der Waals surface area contributed by atoms with Crippen molar-refractivity contribution in [3.05, 3.63) is 0 Å². The van der Waals surface area contributed by atoms with E-state index in [1.807, 2.05) is 0 Å². The van der Waals surface area contributed by atoms with E-state index in [1.54, 1.807) is 0 Å². The van der Waals surface area contributed by atoms with Crippen molar-refractivity contribution in [1.82, 2.24) is 5.32 Å². The molecule has 0 saturated heterocycles. The van der Waals surface area contributed by atoms with Crippen LogP contribution < -0.4 is 5.32 Å². The van der Waals surface area contributed by atoms with Crippen LogP contribution in [0.2, 0.25) is 0 Å². The fourth-order valence-electron chi connectivity index (χ4n) is 2.16. The molecule has 2 aliphatic carbocycles. The first-order valence-corrected chi connectivity index (χ1v) is 7.32. The molecule has 0 radical (unpaired) electrons. The normalized spacial score (nSPS) is 24.0. The van der Waals surface area contributed by atoms with Gasteiger partial charge >= 0.3 is 0 Å². The number of hydrogen-bond donors (Lipinski definition) is 1. The Morgan fingerprint density at radius 3 is 2.50 bits per heavy atom. The Morgan fingerprint density at radius 1 is 1.00 bits per heavy atom. The summed E-state index contributed by atoms with van der Waals surface area (Å²) in [6.07, 6.45) is 10.4. The second-order valence-corrected chi connectivity index (χ2v) is 6.19. The van der Waals surface area contributed by atoms with Crippen molar-refractivity contribution < 1.29 is 0 Å². The van der Waals surface area contributed by atoms with Crippen LogP contribution in [0.1, 0.15) is 44.9 Å². The molecule has 82 valence electrons. The maximum Gasteiger partial charge on any atom is 0.00608 e. The second-order valence-electron chi connectivity index (χ2n) is 4.78. The molecular weight excluding hydrogens is 190 g/mol. The molecule has 2 fully saturated rings. The van der Waals surface area contributed by atoms with Gasteiger partial charge in [0.25, 0.3) is 0 Å². The predicted molar refractivity (Wildman–Crippen MR) is 64.9 cm³/mol. The molecule has 0 spiro atoms. The molecule has 2 heteroatoms. The smallest absolute Gasteiger partial charge is 0.00608 e. The van der Waals surface area contributed by atoms with Crippen LogP contribution in [0, 0.1) is 5.92 Å². The summed E-state index contributed by atoms with van der Waals surface area (Å²) in [7, 11) is 0. The summed E-state index contributed by atoms with van der Waals surface area (Å²) in [4.78, 5) is 0. The number of nitrogens with one attached hydrogen (secondary N) is 1. The van der Waals surface area contributed by atoms with Gasteiger partial charge in [0, 0.05) is 17.5 Å². The summed E-state index contributed by atoms with van der Waals surface area (Å²) >= 11 is 2.21. The van der Waals surface area contributed by atoms with Crippen LogP contribution in [0.4, 0.5) is 0 Å². The van der Waals surface area contributed by atoms with Crippen LogP contribution in [0.15, 0.2) is 0 Å². The van der Waals surface area contributed by atoms with Gasteiger partial charge in [0.2, 0.25) is 0 Å². The molecule has 2 saturated carbocycles. The lowest BCUT2D eigenvalue weighted by Crippen LogP contribution is -2.21. The van der Waals surface area contributed by atoms with Gasteiger partial charge < -0.3 is 5.32 Å². The fourth-order valence-corrected chi connectivity index (χ4v) is 3.42. The molecular formula is C12H23NS. The topological polar surface area (TPSA) is 12.0 Å². The number of rotatable bonds is 6. The van der Waals surface area contributed by atoms with Crippen molar-refractivity contribution in [2.75, 3.05) is 18.8 Å². The standard InChI is InChI=1S/C12H23NS/c1-2-4-12(5-3-1)14-9-8-13-10-11-6-7-11/h11-13H,1-10H2. The summed E-state index contributed by atoms with van der Waals surface area (Å²) in [6, 6.07) is 0. The van der Waals surface area contributed by atoms with Crippen molar-refractivity contribution in [2.24, 2.45) is 5.92 Å². The van der Waals surface area contributed by atoms with Crippen LogP contribution in [0.3, 0.4) is 0 Å². The monoisotopic (exact) mass is 213 g/mol. The van der Waals surface area contributed by atoms with Crippen LogP contribution in [0.5, 0.6) is 0 Å². The third kappa shape index (κ3) is 4.22. The molecule has 0 aromatic carbocycles. The Bertz CT molecular complexity index is 150. The molecule has 1 nitrogen and oxygen atoms in total.